The topological polar surface area (TPSA) is 114 Å². The number of nitrogens with one attached hydrogen (secondary N) is 1. The number of likely N-dealkylation sites (N-methyl/N-ethyl adjacent to an activating group) is 1. The molecule has 0 radical (unpaired) electrons. The fraction of sp³-hybridized carbons (Fsp3) is 0.350. The van der Waals surface area contributed by atoms with Crippen LogP contribution in [0.15, 0.2) is 46.8 Å². The molecule has 1 saturated heterocycles. The summed E-state index contributed by atoms with van der Waals surface area (Å²) < 4.78 is 9.98. The largest absolute Gasteiger partial charge is 0.461 e. The molecule has 1 aliphatic rings. The Morgan fingerprint density at radius 2 is 1.90 bits per heavy atom. The summed E-state index contributed by atoms with van der Waals surface area (Å²) in [6, 6.07) is 7.99. The molecule has 1 N–H and O–H groups in total. The zero-order valence-corrected chi connectivity index (χ0v) is 16.9. The van der Waals surface area contributed by atoms with E-state index in [0.717, 1.165) is 0 Å². The quantitative estimate of drug-likeness (QED) is 0.330. The summed E-state index contributed by atoms with van der Waals surface area (Å²) in [5.74, 6) is -2.19. The van der Waals surface area contributed by atoms with Crippen LogP contribution in [0.25, 0.3) is 0 Å². The number of piperazine rings is 1. The van der Waals surface area contributed by atoms with E-state index in [4.69, 9.17) is 9.47 Å². The zero-order valence-electron chi connectivity index (χ0n) is 16.9. The van der Waals surface area contributed by atoms with Crippen molar-refractivity contribution < 1.29 is 28.7 Å². The first kappa shape index (κ1) is 23.5. The van der Waals surface area contributed by atoms with Crippen LogP contribution in [0.4, 0.5) is 0 Å². The predicted molar refractivity (Wildman–Crippen MR) is 106 cm³/mol. The van der Waals surface area contributed by atoms with Gasteiger partial charge < -0.3 is 19.7 Å². The smallest absolute Gasteiger partial charge is 0.361 e. The number of esters is 2. The molecule has 9 nitrogen and oxygen atoms in total. The summed E-state index contributed by atoms with van der Waals surface area (Å²) in [5, 5.41) is 2.58. The maximum absolute atomic E-state index is 12.3. The van der Waals surface area contributed by atoms with Crippen molar-refractivity contribution in [3.05, 3.63) is 47.4 Å². The standard InChI is InChI=1S/C18H19N3O6.C2H6/c1-3-26-18(25)16(20-14-9-19-15(23)10-21(14)2)13(11-22)27-17(24)12-7-5-4-6-8-12;1-2/h4-8,11H,3,9-10H2,1-2H3,(H,19,23);1-2H3/b16-13+,20-14?;. The van der Waals surface area contributed by atoms with Gasteiger partial charge in [-0.25, -0.2) is 14.6 Å². The lowest BCUT2D eigenvalue weighted by atomic mass is 10.2. The minimum absolute atomic E-state index is 0.0369. The van der Waals surface area contributed by atoms with Gasteiger partial charge in [-0.3, -0.25) is 9.59 Å². The van der Waals surface area contributed by atoms with E-state index in [9.17, 15) is 19.2 Å². The number of allylic oxidation sites excluding steroid dienone is 1. The summed E-state index contributed by atoms with van der Waals surface area (Å²) >= 11 is 0. The molecule has 29 heavy (non-hydrogen) atoms. The van der Waals surface area contributed by atoms with Crippen LogP contribution in [0.3, 0.4) is 0 Å². The SMILES string of the molecule is CC.CCOC(=O)/C(N=C1CNC(=O)CN1C)=C(/C=O)OC(=O)c1ccccc1. The van der Waals surface area contributed by atoms with Crippen molar-refractivity contribution in [1.82, 2.24) is 10.2 Å². The molecule has 0 atom stereocenters. The van der Waals surface area contributed by atoms with Crippen molar-refractivity contribution in [3.63, 3.8) is 0 Å². The Bertz CT molecular complexity index is 802. The average molecular weight is 403 g/mol. The first-order chi connectivity index (χ1) is 14.0. The molecular formula is C20H25N3O6. The number of nitrogens with zero attached hydrogens (tertiary/aromatic N) is 2. The van der Waals surface area contributed by atoms with Crippen molar-refractivity contribution in [2.24, 2.45) is 4.99 Å². The lowest BCUT2D eigenvalue weighted by Gasteiger charge is -2.26. The van der Waals surface area contributed by atoms with Gasteiger partial charge in [0.15, 0.2) is 12.0 Å². The van der Waals surface area contributed by atoms with Crippen molar-refractivity contribution >= 4 is 30.0 Å². The van der Waals surface area contributed by atoms with Gasteiger partial charge in [0.1, 0.15) is 5.84 Å². The van der Waals surface area contributed by atoms with Crippen molar-refractivity contribution in [3.8, 4) is 0 Å². The van der Waals surface area contributed by atoms with E-state index < -0.39 is 23.4 Å². The molecule has 1 fully saturated rings. The fourth-order valence-corrected chi connectivity index (χ4v) is 2.19. The van der Waals surface area contributed by atoms with E-state index in [2.05, 4.69) is 10.3 Å². The Balaban J connectivity index is 0.00000204. The molecule has 0 spiro atoms. The van der Waals surface area contributed by atoms with E-state index in [1.807, 2.05) is 13.8 Å². The van der Waals surface area contributed by atoms with Crippen LogP contribution in [-0.2, 0) is 23.9 Å². The van der Waals surface area contributed by atoms with Crippen LogP contribution in [0.2, 0.25) is 0 Å². The van der Waals surface area contributed by atoms with E-state index in [1.165, 1.54) is 17.0 Å². The highest BCUT2D eigenvalue weighted by Crippen LogP contribution is 2.14. The van der Waals surface area contributed by atoms with Gasteiger partial charge in [0, 0.05) is 7.05 Å². The summed E-state index contributed by atoms with van der Waals surface area (Å²) in [7, 11) is 1.61. The Labute approximate surface area is 169 Å². The molecule has 1 aromatic carbocycles. The summed E-state index contributed by atoms with van der Waals surface area (Å²) in [4.78, 5) is 53.0. The van der Waals surface area contributed by atoms with Crippen LogP contribution >= 0.6 is 0 Å². The summed E-state index contributed by atoms with van der Waals surface area (Å²) in [6.45, 7) is 5.72. The molecule has 0 saturated carbocycles. The molecule has 156 valence electrons. The first-order valence-electron chi connectivity index (χ1n) is 9.15. The van der Waals surface area contributed by atoms with Gasteiger partial charge in [-0.15, -0.1) is 0 Å². The number of hydrogen-bond donors (Lipinski definition) is 1. The van der Waals surface area contributed by atoms with Gasteiger partial charge in [-0.2, -0.15) is 0 Å². The minimum atomic E-state index is -0.918. The third-order valence-electron chi connectivity index (χ3n) is 3.53. The maximum Gasteiger partial charge on any atom is 0.361 e. The lowest BCUT2D eigenvalue weighted by molar-refractivity contribution is -0.139. The van der Waals surface area contributed by atoms with Crippen LogP contribution in [0.1, 0.15) is 31.1 Å². The highest BCUT2D eigenvalue weighted by Gasteiger charge is 2.25. The number of amidine groups is 1. The maximum atomic E-state index is 12.3. The second-order valence-electron chi connectivity index (χ2n) is 5.47. The highest BCUT2D eigenvalue weighted by atomic mass is 16.6. The molecule has 1 aliphatic heterocycles. The Morgan fingerprint density at radius 1 is 1.24 bits per heavy atom. The Hall–Kier alpha value is -3.49. The first-order valence-corrected chi connectivity index (χ1v) is 9.15. The number of hydrogen-bond acceptors (Lipinski definition) is 7. The Kier molecular flexibility index (Phi) is 9.80. The Morgan fingerprint density at radius 3 is 2.45 bits per heavy atom. The molecular weight excluding hydrogens is 378 g/mol. The van der Waals surface area contributed by atoms with Crippen molar-refractivity contribution in [2.75, 3.05) is 26.7 Å². The van der Waals surface area contributed by atoms with Gasteiger partial charge in [-0.05, 0) is 19.1 Å². The molecule has 1 heterocycles. The molecule has 1 amide bonds. The van der Waals surface area contributed by atoms with Crippen molar-refractivity contribution in [1.29, 1.82) is 0 Å². The number of amides is 1. The van der Waals surface area contributed by atoms with E-state index in [0.29, 0.717) is 5.84 Å². The molecule has 0 bridgehead atoms. The van der Waals surface area contributed by atoms with Crippen molar-refractivity contribution in [2.45, 2.75) is 20.8 Å². The third-order valence-corrected chi connectivity index (χ3v) is 3.53. The second-order valence-corrected chi connectivity index (χ2v) is 5.47. The number of benzene rings is 1. The summed E-state index contributed by atoms with van der Waals surface area (Å²) in [5.41, 5.74) is -0.246. The van der Waals surface area contributed by atoms with Gasteiger partial charge in [0.2, 0.25) is 11.7 Å². The number of carbonyl (C=O) groups is 4. The predicted octanol–water partition coefficient (Wildman–Crippen LogP) is 1.30. The molecule has 0 unspecified atom stereocenters. The number of ether oxygens (including phenoxy) is 2. The number of aldehydes is 1. The molecule has 2 rings (SSSR count). The van der Waals surface area contributed by atoms with E-state index >= 15 is 0 Å². The van der Waals surface area contributed by atoms with Crippen LogP contribution in [-0.4, -0.2) is 61.6 Å². The van der Waals surface area contributed by atoms with Gasteiger partial charge >= 0.3 is 11.9 Å². The minimum Gasteiger partial charge on any atom is -0.461 e. The molecule has 0 aromatic heterocycles. The van der Waals surface area contributed by atoms with Gasteiger partial charge in [0.05, 0.1) is 25.3 Å². The number of aliphatic imine (C=N–C) groups is 1. The average Bonchev–Trinajstić information content (AvgIpc) is 2.74. The molecule has 9 heteroatoms. The van der Waals surface area contributed by atoms with Crippen LogP contribution in [0, 0.1) is 0 Å². The van der Waals surface area contributed by atoms with E-state index in [1.54, 1.807) is 32.2 Å². The third kappa shape index (κ3) is 6.87. The normalized spacial score (nSPS) is 15.4. The number of rotatable bonds is 6. The van der Waals surface area contributed by atoms with Gasteiger partial charge in [0.25, 0.3) is 0 Å². The van der Waals surface area contributed by atoms with Gasteiger partial charge in [-0.1, -0.05) is 32.0 Å². The highest BCUT2D eigenvalue weighted by molar-refractivity contribution is 6.02. The fourth-order valence-electron chi connectivity index (χ4n) is 2.19. The van der Waals surface area contributed by atoms with Crippen LogP contribution in [0.5, 0.6) is 0 Å². The van der Waals surface area contributed by atoms with E-state index in [-0.39, 0.29) is 37.5 Å². The molecule has 1 aromatic rings. The number of carbonyl (C=O) groups excluding carboxylic acids is 4. The zero-order chi connectivity index (χ0) is 21.8. The monoisotopic (exact) mass is 403 g/mol. The second kappa shape index (κ2) is 12.1. The lowest BCUT2D eigenvalue weighted by Crippen LogP contribution is -2.49. The summed E-state index contributed by atoms with van der Waals surface area (Å²) in [6.07, 6.45) is 0.221. The molecule has 0 aliphatic carbocycles. The van der Waals surface area contributed by atoms with Crippen LogP contribution < -0.4 is 5.32 Å².